The van der Waals surface area contributed by atoms with Crippen LogP contribution in [0.5, 0.6) is 0 Å². The first-order valence-corrected chi connectivity index (χ1v) is 5.87. The topological polar surface area (TPSA) is 45.8 Å². The van der Waals surface area contributed by atoms with Gasteiger partial charge in [-0.3, -0.25) is 4.79 Å². The van der Waals surface area contributed by atoms with Gasteiger partial charge in [-0.2, -0.15) is 0 Å². The smallest absolute Gasteiger partial charge is 0.252 e. The molecule has 0 atom stereocenters. The van der Waals surface area contributed by atoms with Gasteiger partial charge in [-0.25, -0.2) is 4.98 Å². The predicted molar refractivity (Wildman–Crippen MR) is 71.7 cm³/mol. The van der Waals surface area contributed by atoms with E-state index in [-0.39, 0.29) is 0 Å². The number of H-pyrrole nitrogens is 1. The van der Waals surface area contributed by atoms with Crippen LogP contribution in [-0.2, 0) is 0 Å². The van der Waals surface area contributed by atoms with Gasteiger partial charge in [0, 0.05) is 11.1 Å². The third-order valence-corrected chi connectivity index (χ3v) is 2.99. The molecule has 0 aliphatic carbocycles. The Balaban J connectivity index is 2.06. The molecule has 0 saturated carbocycles. The number of nitrogens with zero attached hydrogens (tertiary/aromatic N) is 1. The van der Waals surface area contributed by atoms with Crippen LogP contribution in [0.1, 0.15) is 10.4 Å². The van der Waals surface area contributed by atoms with Crippen molar-refractivity contribution in [2.75, 3.05) is 0 Å². The summed E-state index contributed by atoms with van der Waals surface area (Å²) in [6, 6.07) is 14.9. The maximum Gasteiger partial charge on any atom is 0.252 e. The molecule has 0 aliphatic rings. The van der Waals surface area contributed by atoms with E-state index >= 15 is 0 Å². The molecular weight excluding hydrogens is 248 g/mol. The number of carbonyl (C=O) groups is 1. The van der Waals surface area contributed by atoms with Crippen LogP contribution in [0.4, 0.5) is 0 Å². The van der Waals surface area contributed by atoms with Crippen LogP contribution in [0, 0.1) is 0 Å². The van der Waals surface area contributed by atoms with Crippen molar-refractivity contribution in [3.8, 4) is 11.4 Å². The van der Waals surface area contributed by atoms with Crippen LogP contribution in [0.25, 0.3) is 22.4 Å². The Morgan fingerprint density at radius 2 is 1.78 bits per heavy atom. The van der Waals surface area contributed by atoms with Crippen molar-refractivity contribution in [1.29, 1.82) is 0 Å². The summed E-state index contributed by atoms with van der Waals surface area (Å²) in [4.78, 5) is 18.7. The standard InChI is InChI=1S/C14H9ClN2O/c15-13(18)9-5-7-10(8-6-9)14-16-11-3-1-2-4-12(11)17-14/h1-8H,(H,16,17). The number of hydrogen-bond acceptors (Lipinski definition) is 2. The minimum Gasteiger partial charge on any atom is -0.338 e. The zero-order valence-corrected chi connectivity index (χ0v) is 10.1. The van der Waals surface area contributed by atoms with E-state index in [1.165, 1.54) is 0 Å². The SMILES string of the molecule is O=C(Cl)c1ccc(-c2nc3ccccc3[nH]2)cc1. The molecule has 0 amide bonds. The highest BCUT2D eigenvalue weighted by atomic mass is 35.5. The van der Waals surface area contributed by atoms with Crippen molar-refractivity contribution >= 4 is 27.9 Å². The van der Waals surface area contributed by atoms with Crippen LogP contribution in [0.3, 0.4) is 0 Å². The highest BCUT2D eigenvalue weighted by Gasteiger charge is 2.06. The summed E-state index contributed by atoms with van der Waals surface area (Å²) in [7, 11) is 0. The summed E-state index contributed by atoms with van der Waals surface area (Å²) in [6.07, 6.45) is 0. The molecule has 0 bridgehead atoms. The van der Waals surface area contributed by atoms with E-state index in [4.69, 9.17) is 11.6 Å². The monoisotopic (exact) mass is 256 g/mol. The lowest BCUT2D eigenvalue weighted by atomic mass is 10.1. The summed E-state index contributed by atoms with van der Waals surface area (Å²) >= 11 is 5.40. The zero-order chi connectivity index (χ0) is 12.5. The highest BCUT2D eigenvalue weighted by Crippen LogP contribution is 2.20. The third kappa shape index (κ3) is 1.89. The number of para-hydroxylation sites is 2. The predicted octanol–water partition coefficient (Wildman–Crippen LogP) is 3.61. The molecule has 4 heteroatoms. The van der Waals surface area contributed by atoms with E-state index in [0.29, 0.717) is 5.56 Å². The van der Waals surface area contributed by atoms with Gasteiger partial charge in [-0.05, 0) is 35.9 Å². The van der Waals surface area contributed by atoms with Crippen molar-refractivity contribution in [2.45, 2.75) is 0 Å². The van der Waals surface area contributed by atoms with Gasteiger partial charge in [-0.15, -0.1) is 0 Å². The Bertz CT molecular complexity index is 683. The molecule has 1 heterocycles. The normalized spacial score (nSPS) is 10.7. The average molecular weight is 257 g/mol. The first kappa shape index (κ1) is 11.0. The molecule has 0 unspecified atom stereocenters. The van der Waals surface area contributed by atoms with Gasteiger partial charge in [0.2, 0.25) is 0 Å². The summed E-state index contributed by atoms with van der Waals surface area (Å²) in [6.45, 7) is 0. The quantitative estimate of drug-likeness (QED) is 0.712. The van der Waals surface area contributed by atoms with E-state index in [0.717, 1.165) is 22.4 Å². The van der Waals surface area contributed by atoms with E-state index < -0.39 is 5.24 Å². The Labute approximate surface area is 108 Å². The van der Waals surface area contributed by atoms with Crippen molar-refractivity contribution in [1.82, 2.24) is 9.97 Å². The fourth-order valence-corrected chi connectivity index (χ4v) is 1.97. The van der Waals surface area contributed by atoms with Gasteiger partial charge in [0.05, 0.1) is 11.0 Å². The number of benzene rings is 2. The minimum absolute atomic E-state index is 0.453. The van der Waals surface area contributed by atoms with Crippen molar-refractivity contribution in [2.24, 2.45) is 0 Å². The van der Waals surface area contributed by atoms with Crippen LogP contribution < -0.4 is 0 Å². The van der Waals surface area contributed by atoms with Crippen molar-refractivity contribution < 1.29 is 4.79 Å². The number of nitrogens with one attached hydrogen (secondary N) is 1. The molecule has 1 aromatic heterocycles. The maximum absolute atomic E-state index is 11.0. The Hall–Kier alpha value is -2.13. The Morgan fingerprint density at radius 3 is 2.44 bits per heavy atom. The lowest BCUT2D eigenvalue weighted by Crippen LogP contribution is -1.88. The summed E-state index contributed by atoms with van der Waals surface area (Å²) < 4.78 is 0. The van der Waals surface area contributed by atoms with Crippen LogP contribution in [0.15, 0.2) is 48.5 Å². The third-order valence-electron chi connectivity index (χ3n) is 2.77. The van der Waals surface area contributed by atoms with Gasteiger partial charge < -0.3 is 4.98 Å². The van der Waals surface area contributed by atoms with E-state index in [1.54, 1.807) is 12.1 Å². The van der Waals surface area contributed by atoms with Crippen LogP contribution in [0.2, 0.25) is 0 Å². The van der Waals surface area contributed by atoms with Crippen LogP contribution in [-0.4, -0.2) is 15.2 Å². The second-order valence-electron chi connectivity index (χ2n) is 3.95. The number of carbonyl (C=O) groups excluding carboxylic acids is 1. The van der Waals surface area contributed by atoms with Gasteiger partial charge in [-0.1, -0.05) is 24.3 Å². The number of aromatic nitrogens is 2. The minimum atomic E-state index is -0.453. The first-order chi connectivity index (χ1) is 8.74. The lowest BCUT2D eigenvalue weighted by molar-refractivity contribution is 0.108. The van der Waals surface area contributed by atoms with E-state index in [2.05, 4.69) is 9.97 Å². The molecule has 88 valence electrons. The van der Waals surface area contributed by atoms with Gasteiger partial charge in [0.1, 0.15) is 5.82 Å². The summed E-state index contributed by atoms with van der Waals surface area (Å²) in [5, 5.41) is -0.453. The maximum atomic E-state index is 11.0. The molecule has 3 rings (SSSR count). The van der Waals surface area contributed by atoms with E-state index in [9.17, 15) is 4.79 Å². The van der Waals surface area contributed by atoms with E-state index in [1.807, 2.05) is 36.4 Å². The number of aromatic amines is 1. The van der Waals surface area contributed by atoms with Gasteiger partial charge in [0.25, 0.3) is 5.24 Å². The molecular formula is C14H9ClN2O. The summed E-state index contributed by atoms with van der Waals surface area (Å²) in [5.74, 6) is 0.782. The zero-order valence-electron chi connectivity index (χ0n) is 9.35. The number of rotatable bonds is 2. The molecule has 3 nitrogen and oxygen atoms in total. The van der Waals surface area contributed by atoms with Crippen molar-refractivity contribution in [3.05, 3.63) is 54.1 Å². The summed E-state index contributed by atoms with van der Waals surface area (Å²) in [5.41, 5.74) is 3.32. The molecule has 0 radical (unpaired) electrons. The number of hydrogen-bond donors (Lipinski definition) is 1. The average Bonchev–Trinajstić information content (AvgIpc) is 2.82. The molecule has 0 aliphatic heterocycles. The van der Waals surface area contributed by atoms with Gasteiger partial charge >= 0.3 is 0 Å². The molecule has 18 heavy (non-hydrogen) atoms. The number of halogens is 1. The number of imidazole rings is 1. The fourth-order valence-electron chi connectivity index (χ4n) is 1.85. The molecule has 0 saturated heterocycles. The van der Waals surface area contributed by atoms with Gasteiger partial charge in [0.15, 0.2) is 0 Å². The van der Waals surface area contributed by atoms with Crippen LogP contribution >= 0.6 is 11.6 Å². The lowest BCUT2D eigenvalue weighted by Gasteiger charge is -1.97. The molecule has 3 aromatic rings. The fraction of sp³-hybridized carbons (Fsp3) is 0. The second-order valence-corrected chi connectivity index (χ2v) is 4.30. The molecule has 2 aromatic carbocycles. The van der Waals surface area contributed by atoms with Crippen molar-refractivity contribution in [3.63, 3.8) is 0 Å². The first-order valence-electron chi connectivity index (χ1n) is 5.49. The Morgan fingerprint density at radius 1 is 1.06 bits per heavy atom. The molecule has 1 N–H and O–H groups in total. The second kappa shape index (κ2) is 4.27. The molecule has 0 fully saturated rings. The Kier molecular flexibility index (Phi) is 2.61. The largest absolute Gasteiger partial charge is 0.338 e. The molecule has 0 spiro atoms. The number of fused-ring (bicyclic) bond motifs is 1. The highest BCUT2D eigenvalue weighted by molar-refractivity contribution is 6.67.